The van der Waals surface area contributed by atoms with Gasteiger partial charge in [0, 0.05) is 26.2 Å². The van der Waals surface area contributed by atoms with Gasteiger partial charge in [-0.1, -0.05) is 264 Å². The summed E-state index contributed by atoms with van der Waals surface area (Å²) in [6.45, 7) is 3.56. The van der Waals surface area contributed by atoms with Crippen LogP contribution in [0.15, 0.2) is 131 Å². The van der Waals surface area contributed by atoms with Crippen molar-refractivity contribution in [1.82, 2.24) is 9.80 Å². The first kappa shape index (κ1) is 72.6. The summed E-state index contributed by atoms with van der Waals surface area (Å²) in [6.07, 6.45) is 6.90. The van der Waals surface area contributed by atoms with Gasteiger partial charge in [-0.25, -0.2) is 9.98 Å². The fourth-order valence-corrected chi connectivity index (χ4v) is 5.74. The zero-order valence-corrected chi connectivity index (χ0v) is 58.2. The summed E-state index contributed by atoms with van der Waals surface area (Å²) in [5.41, 5.74) is 15.9. The number of piperidine rings is 2. The molecule has 10 nitrogen and oxygen atoms in total. The number of likely N-dealkylation sites (tertiary alicyclic amines) is 2. The van der Waals surface area contributed by atoms with Crippen molar-refractivity contribution in [3.05, 3.63) is 121 Å². The zero-order valence-electron chi connectivity index (χ0n) is 35.4. The molecule has 2 fully saturated rings. The van der Waals surface area contributed by atoms with E-state index in [0.29, 0.717) is 23.8 Å². The minimum absolute atomic E-state index is 0. The Morgan fingerprint density at radius 3 is 0.851 bits per heavy atom. The van der Waals surface area contributed by atoms with Gasteiger partial charge in [0.15, 0.2) is 0 Å². The molecule has 0 spiro atoms. The molecule has 2 aliphatic heterocycles. The van der Waals surface area contributed by atoms with E-state index in [2.05, 4.69) is 211 Å². The van der Waals surface area contributed by atoms with Crippen LogP contribution in [0.5, 0.6) is 0 Å². The standard InChI is InChI=1S/2C19H23N5.4CHBr3.2ClH.Pt/c2*20-18(22-16-10-4-1-5-11-16)24(17-12-6-2-7-13-17)19(21)23-14-8-3-9-15-23;4*2-1(3)4;;;/h2*1-2,4-7,10-13,21H,3,8-9,14-15H2,(H2,20,22);4*1H;2*1H;/q;;;;;;;;+2/p-2. The molecule has 0 aromatic heterocycles. The first-order valence-corrected chi connectivity index (χ1v) is 30.3. The van der Waals surface area contributed by atoms with Gasteiger partial charge in [0.25, 0.3) is 0 Å². The smallest absolute Gasteiger partial charge is 1.00 e. The van der Waals surface area contributed by atoms with E-state index in [1.54, 1.807) is 9.80 Å². The van der Waals surface area contributed by atoms with Crippen LogP contribution in [-0.4, -0.2) is 70.4 Å². The van der Waals surface area contributed by atoms with Gasteiger partial charge in [0.1, 0.15) is 10.6 Å². The van der Waals surface area contributed by atoms with Crippen LogP contribution in [0.25, 0.3) is 0 Å². The Labute approximate surface area is 524 Å². The number of nitrogens with one attached hydrogen (secondary N) is 2. The van der Waals surface area contributed by atoms with E-state index >= 15 is 0 Å². The number of alkyl halides is 12. The van der Waals surface area contributed by atoms with Crippen molar-refractivity contribution < 1.29 is 45.9 Å². The van der Waals surface area contributed by atoms with Gasteiger partial charge in [0.05, 0.1) is 22.7 Å². The maximum atomic E-state index is 8.67. The molecule has 376 valence electrons. The fraction of sp³-hybridized carbons (Fsp3) is 0.333. The molecule has 4 aromatic carbocycles. The predicted octanol–water partition coefficient (Wildman–Crippen LogP) is 10.9. The van der Waals surface area contributed by atoms with Gasteiger partial charge in [0.2, 0.25) is 23.8 Å². The zero-order chi connectivity index (χ0) is 47.9. The summed E-state index contributed by atoms with van der Waals surface area (Å²) in [7, 11) is 0. The number of nitrogens with zero attached hydrogens (tertiary/aromatic N) is 6. The Hall–Kier alpha value is 1.39. The van der Waals surface area contributed by atoms with Crippen LogP contribution in [0, 0.1) is 10.8 Å². The predicted molar refractivity (Wildman–Crippen MR) is 322 cm³/mol. The number of guanidine groups is 4. The van der Waals surface area contributed by atoms with Crippen molar-refractivity contribution in [2.24, 2.45) is 21.5 Å². The minimum Gasteiger partial charge on any atom is -1.00 e. The van der Waals surface area contributed by atoms with Gasteiger partial charge < -0.3 is 46.1 Å². The first-order valence-electron chi connectivity index (χ1n) is 19.3. The Morgan fingerprint density at radius 2 is 0.627 bits per heavy atom. The molecule has 0 saturated carbocycles. The molecule has 0 bridgehead atoms. The number of rotatable bonds is 4. The van der Waals surface area contributed by atoms with Crippen molar-refractivity contribution in [3.63, 3.8) is 0 Å². The van der Waals surface area contributed by atoms with Crippen LogP contribution in [0.2, 0.25) is 0 Å². The van der Waals surface area contributed by atoms with Gasteiger partial charge in [-0.05, 0) is 87.1 Å². The molecular weight excluding hydrogens is 1870 g/mol. The van der Waals surface area contributed by atoms with E-state index in [-0.39, 0.29) is 56.5 Å². The number of aliphatic imine (C=N–C) groups is 2. The summed E-state index contributed by atoms with van der Waals surface area (Å²) >= 11 is 37.2. The molecule has 0 aliphatic carbocycles. The second kappa shape index (κ2) is 44.8. The van der Waals surface area contributed by atoms with Gasteiger partial charge in [-0.15, -0.1) is 0 Å². The molecule has 0 radical (unpaired) electrons. The molecule has 6 N–H and O–H groups in total. The second-order valence-electron chi connectivity index (χ2n) is 12.7. The Kier molecular flexibility index (Phi) is 48.6. The molecule has 67 heavy (non-hydrogen) atoms. The molecule has 0 unspecified atom stereocenters. The average molecular weight is 1920 g/mol. The topological polar surface area (TPSA) is 137 Å². The fourth-order valence-electron chi connectivity index (χ4n) is 5.74. The maximum Gasteiger partial charge on any atom is 2.00 e. The number of halogens is 14. The second-order valence-corrected chi connectivity index (χ2v) is 38.4. The van der Waals surface area contributed by atoms with Gasteiger partial charge >= 0.3 is 21.1 Å². The van der Waals surface area contributed by atoms with Crippen LogP contribution in [-0.2, 0) is 21.1 Å². The molecule has 2 saturated heterocycles. The van der Waals surface area contributed by atoms with Crippen LogP contribution < -0.4 is 46.1 Å². The van der Waals surface area contributed by atoms with Gasteiger partial charge in [-0.2, -0.15) is 0 Å². The number of nitrogens with two attached hydrogens (primary N) is 2. The monoisotopic (exact) mass is 1910 g/mol. The van der Waals surface area contributed by atoms with E-state index in [1.165, 1.54) is 12.8 Å². The molecule has 2 heterocycles. The molecule has 0 atom stereocenters. The third-order valence-corrected chi connectivity index (χ3v) is 8.22. The van der Waals surface area contributed by atoms with E-state index in [0.717, 1.165) is 74.6 Å². The van der Waals surface area contributed by atoms with Crippen LogP contribution in [0.4, 0.5) is 22.7 Å². The summed E-state index contributed by atoms with van der Waals surface area (Å²) < 4.78 is 1.08. The SMILES string of the molecule is BrC(Br)Br.BrC(Br)Br.BrC(Br)Br.BrC(Br)Br.N=C(N1CCCCC1)N(C(N)=Nc1ccccc1)c1ccccc1.N=C(N1CCCCC1)N(C(N)=Nc1ccccc1)c1ccccc1.[Cl-].[Cl-].[Pt+2]. The summed E-state index contributed by atoms with van der Waals surface area (Å²) in [5, 5.41) is 17.3. The third kappa shape index (κ3) is 36.1. The number of anilines is 2. The van der Waals surface area contributed by atoms with Crippen molar-refractivity contribution in [3.8, 4) is 0 Å². The van der Waals surface area contributed by atoms with Crippen LogP contribution in [0.3, 0.4) is 0 Å². The normalized spacial score (nSPS) is 13.0. The quantitative estimate of drug-likeness (QED) is 0.0913. The van der Waals surface area contributed by atoms with Crippen molar-refractivity contribution in [1.29, 1.82) is 10.8 Å². The molecule has 25 heteroatoms. The van der Waals surface area contributed by atoms with E-state index in [4.69, 9.17) is 22.3 Å². The number of benzene rings is 4. The molecular formula is C42H50Br12Cl2N10Pt. The minimum atomic E-state index is 0. The van der Waals surface area contributed by atoms with Crippen molar-refractivity contribution >= 4 is 238 Å². The summed E-state index contributed by atoms with van der Waals surface area (Å²) in [6, 6.07) is 38.7. The maximum absolute atomic E-state index is 8.67. The molecule has 2 aliphatic rings. The number of hydrogen-bond acceptors (Lipinski definition) is 4. The van der Waals surface area contributed by atoms with Gasteiger partial charge in [-0.3, -0.25) is 20.6 Å². The Morgan fingerprint density at radius 1 is 0.418 bits per heavy atom. The van der Waals surface area contributed by atoms with Crippen molar-refractivity contribution in [2.75, 3.05) is 36.0 Å². The molecule has 4 aromatic rings. The van der Waals surface area contributed by atoms with E-state index in [1.807, 2.05) is 121 Å². The molecule has 0 amide bonds. The largest absolute Gasteiger partial charge is 2.00 e. The first-order chi connectivity index (χ1) is 30.4. The molecule has 6 rings (SSSR count). The Bertz CT molecular complexity index is 1730. The third-order valence-electron chi connectivity index (χ3n) is 8.22. The Balaban J connectivity index is -0.000000896. The van der Waals surface area contributed by atoms with E-state index < -0.39 is 0 Å². The summed E-state index contributed by atoms with van der Waals surface area (Å²) in [5.74, 6) is 1.39. The number of para-hydroxylation sites is 4. The average Bonchev–Trinajstić information content (AvgIpc) is 3.25. The summed E-state index contributed by atoms with van der Waals surface area (Å²) in [4.78, 5) is 16.6. The van der Waals surface area contributed by atoms with Crippen LogP contribution in [0.1, 0.15) is 38.5 Å². The number of hydrogen-bond donors (Lipinski definition) is 4. The van der Waals surface area contributed by atoms with E-state index in [9.17, 15) is 0 Å². The van der Waals surface area contributed by atoms with Crippen LogP contribution >= 0.6 is 191 Å². The van der Waals surface area contributed by atoms with Crippen molar-refractivity contribution in [2.45, 2.75) is 49.1 Å².